The number of hydrogen-bond acceptors (Lipinski definition) is 4. The third kappa shape index (κ3) is 3.29. The van der Waals surface area contributed by atoms with Crippen molar-refractivity contribution in [2.24, 2.45) is 5.92 Å². The number of nitrogens with zero attached hydrogens (tertiary/aromatic N) is 1. The second kappa shape index (κ2) is 5.61. The Hall–Kier alpha value is -1.49. The fourth-order valence-electron chi connectivity index (χ4n) is 2.96. The lowest BCUT2D eigenvalue weighted by Gasteiger charge is -2.36. The molecule has 3 atom stereocenters. The molecule has 1 aliphatic carbocycles. The molecule has 2 heterocycles. The number of piperazine rings is 1. The van der Waals surface area contributed by atoms with E-state index in [0.717, 1.165) is 18.1 Å². The first-order chi connectivity index (χ1) is 10.3. The van der Waals surface area contributed by atoms with Crippen LogP contribution in [0.2, 0.25) is 0 Å². The summed E-state index contributed by atoms with van der Waals surface area (Å²) in [6.45, 7) is 10.0. The zero-order valence-electron chi connectivity index (χ0n) is 13.9. The molecule has 3 unspecified atom stereocenters. The third-order valence-electron chi connectivity index (χ3n) is 4.32. The van der Waals surface area contributed by atoms with Crippen molar-refractivity contribution in [2.45, 2.75) is 51.7 Å². The minimum Gasteiger partial charge on any atom is -0.464 e. The van der Waals surface area contributed by atoms with Crippen LogP contribution in [0.3, 0.4) is 0 Å². The van der Waals surface area contributed by atoms with Crippen LogP contribution in [0.1, 0.15) is 57.6 Å². The molecule has 0 bridgehead atoms. The average molecular weight is 306 g/mol. The Kier molecular flexibility index (Phi) is 3.93. The van der Waals surface area contributed by atoms with E-state index in [1.54, 1.807) is 4.90 Å². The fraction of sp³-hybridized carbons (Fsp3) is 0.706. The molecule has 1 aromatic rings. The highest BCUT2D eigenvalue weighted by atomic mass is 16.6. The van der Waals surface area contributed by atoms with E-state index in [9.17, 15) is 4.79 Å². The van der Waals surface area contributed by atoms with Crippen molar-refractivity contribution >= 4 is 6.09 Å². The van der Waals surface area contributed by atoms with E-state index in [0.29, 0.717) is 24.9 Å². The van der Waals surface area contributed by atoms with Gasteiger partial charge in [-0.05, 0) is 45.2 Å². The molecule has 22 heavy (non-hydrogen) atoms. The standard InChI is InChI=1S/C17H26N2O3/c1-11-9-12(11)14-5-6-15(21-14)13-10-18-7-8-19(13)16(20)22-17(2,3)4/h5-6,11-13,18H,7-10H2,1-4H3. The van der Waals surface area contributed by atoms with E-state index in [2.05, 4.69) is 18.3 Å². The highest BCUT2D eigenvalue weighted by molar-refractivity contribution is 5.69. The third-order valence-corrected chi connectivity index (χ3v) is 4.32. The van der Waals surface area contributed by atoms with Crippen molar-refractivity contribution in [3.63, 3.8) is 0 Å². The van der Waals surface area contributed by atoms with E-state index in [-0.39, 0.29) is 12.1 Å². The summed E-state index contributed by atoms with van der Waals surface area (Å²) in [7, 11) is 0. The Morgan fingerprint density at radius 2 is 2.05 bits per heavy atom. The molecule has 0 aromatic carbocycles. The number of hydrogen-bond donors (Lipinski definition) is 1. The van der Waals surface area contributed by atoms with Crippen molar-refractivity contribution in [3.05, 3.63) is 23.7 Å². The molecule has 1 N–H and O–H groups in total. The summed E-state index contributed by atoms with van der Waals surface area (Å²) in [5.41, 5.74) is -0.482. The van der Waals surface area contributed by atoms with Crippen molar-refractivity contribution in [1.29, 1.82) is 0 Å². The molecule has 2 aliphatic rings. The van der Waals surface area contributed by atoms with Gasteiger partial charge in [-0.1, -0.05) is 6.92 Å². The zero-order valence-corrected chi connectivity index (χ0v) is 13.9. The maximum absolute atomic E-state index is 12.4. The van der Waals surface area contributed by atoms with E-state index in [1.807, 2.05) is 26.8 Å². The molecular weight excluding hydrogens is 280 g/mol. The summed E-state index contributed by atoms with van der Waals surface area (Å²) < 4.78 is 11.6. The van der Waals surface area contributed by atoms with Crippen LogP contribution in [0.25, 0.3) is 0 Å². The normalized spacial score (nSPS) is 28.5. The van der Waals surface area contributed by atoms with Crippen molar-refractivity contribution in [3.8, 4) is 0 Å². The van der Waals surface area contributed by atoms with E-state index < -0.39 is 5.60 Å². The predicted octanol–water partition coefficient (Wildman–Crippen LogP) is 3.28. The highest BCUT2D eigenvalue weighted by Crippen LogP contribution is 2.47. The van der Waals surface area contributed by atoms with Crippen molar-refractivity contribution < 1.29 is 13.9 Å². The van der Waals surface area contributed by atoms with Gasteiger partial charge < -0.3 is 14.5 Å². The van der Waals surface area contributed by atoms with Crippen LogP contribution in [0.15, 0.2) is 16.5 Å². The van der Waals surface area contributed by atoms with Gasteiger partial charge in [-0.3, -0.25) is 4.90 Å². The summed E-state index contributed by atoms with van der Waals surface area (Å²) in [5.74, 6) is 3.18. The highest BCUT2D eigenvalue weighted by Gasteiger charge is 2.38. The molecule has 1 aromatic heterocycles. The van der Waals surface area contributed by atoms with Crippen LogP contribution >= 0.6 is 0 Å². The lowest BCUT2D eigenvalue weighted by Crippen LogP contribution is -2.50. The fourth-order valence-corrected chi connectivity index (χ4v) is 2.96. The van der Waals surface area contributed by atoms with Gasteiger partial charge in [0.15, 0.2) is 0 Å². The second-order valence-corrected chi connectivity index (χ2v) is 7.45. The van der Waals surface area contributed by atoms with Gasteiger partial charge in [-0.25, -0.2) is 4.79 Å². The van der Waals surface area contributed by atoms with Crippen molar-refractivity contribution in [1.82, 2.24) is 10.2 Å². The molecule has 1 aliphatic heterocycles. The topological polar surface area (TPSA) is 54.7 Å². The molecule has 3 rings (SSSR count). The maximum atomic E-state index is 12.4. The van der Waals surface area contributed by atoms with Crippen LogP contribution in [-0.4, -0.2) is 36.2 Å². The summed E-state index contributed by atoms with van der Waals surface area (Å²) in [6.07, 6.45) is 0.933. The first kappa shape index (κ1) is 15.4. The van der Waals surface area contributed by atoms with E-state index >= 15 is 0 Å². The minimum absolute atomic E-state index is 0.0913. The first-order valence-electron chi connectivity index (χ1n) is 8.15. The molecular formula is C17H26N2O3. The largest absolute Gasteiger partial charge is 0.464 e. The van der Waals surface area contributed by atoms with Gasteiger partial charge in [-0.2, -0.15) is 0 Å². The lowest BCUT2D eigenvalue weighted by atomic mass is 10.1. The summed E-state index contributed by atoms with van der Waals surface area (Å²) in [4.78, 5) is 14.2. The van der Waals surface area contributed by atoms with E-state index in [1.165, 1.54) is 6.42 Å². The Balaban J connectivity index is 1.74. The number of carbonyl (C=O) groups excluding carboxylic acids is 1. The number of furan rings is 1. The molecule has 1 saturated carbocycles. The Labute approximate surface area is 132 Å². The Bertz CT molecular complexity index is 546. The van der Waals surface area contributed by atoms with E-state index in [4.69, 9.17) is 9.15 Å². The van der Waals surface area contributed by atoms with Gasteiger partial charge in [0, 0.05) is 25.6 Å². The summed E-state index contributed by atoms with van der Waals surface area (Å²) in [5, 5.41) is 3.33. The summed E-state index contributed by atoms with van der Waals surface area (Å²) in [6, 6.07) is 3.98. The predicted molar refractivity (Wildman–Crippen MR) is 83.8 cm³/mol. The van der Waals surface area contributed by atoms with Crippen LogP contribution in [0.4, 0.5) is 4.79 Å². The first-order valence-corrected chi connectivity index (χ1v) is 8.15. The van der Waals surface area contributed by atoms with Gasteiger partial charge in [-0.15, -0.1) is 0 Å². The van der Waals surface area contributed by atoms with Gasteiger partial charge in [0.2, 0.25) is 0 Å². The van der Waals surface area contributed by atoms with Crippen molar-refractivity contribution in [2.75, 3.05) is 19.6 Å². The Morgan fingerprint density at radius 1 is 1.36 bits per heavy atom. The van der Waals surface area contributed by atoms with Gasteiger partial charge >= 0.3 is 6.09 Å². The van der Waals surface area contributed by atoms with Crippen LogP contribution in [0, 0.1) is 5.92 Å². The number of ether oxygens (including phenoxy) is 1. The maximum Gasteiger partial charge on any atom is 0.411 e. The summed E-state index contributed by atoms with van der Waals surface area (Å²) >= 11 is 0. The number of nitrogens with one attached hydrogen (secondary N) is 1. The smallest absolute Gasteiger partial charge is 0.411 e. The van der Waals surface area contributed by atoms with Gasteiger partial charge in [0.25, 0.3) is 0 Å². The molecule has 1 saturated heterocycles. The van der Waals surface area contributed by atoms with Gasteiger partial charge in [0.1, 0.15) is 23.2 Å². The molecule has 5 nitrogen and oxygen atoms in total. The molecule has 122 valence electrons. The number of carbonyl (C=O) groups is 1. The Morgan fingerprint density at radius 3 is 2.68 bits per heavy atom. The molecule has 0 radical (unpaired) electrons. The molecule has 0 spiro atoms. The monoisotopic (exact) mass is 306 g/mol. The zero-order chi connectivity index (χ0) is 15.9. The molecule has 1 amide bonds. The van der Waals surface area contributed by atoms with Crippen LogP contribution in [-0.2, 0) is 4.74 Å². The average Bonchev–Trinajstić information content (AvgIpc) is 2.99. The molecule has 5 heteroatoms. The van der Waals surface area contributed by atoms with Gasteiger partial charge in [0.05, 0.1) is 0 Å². The quantitative estimate of drug-likeness (QED) is 0.911. The lowest BCUT2D eigenvalue weighted by molar-refractivity contribution is 0.00919. The minimum atomic E-state index is -0.482. The van der Waals surface area contributed by atoms with Crippen LogP contribution < -0.4 is 5.32 Å². The number of rotatable bonds is 2. The second-order valence-electron chi connectivity index (χ2n) is 7.45. The van der Waals surface area contributed by atoms with Crippen LogP contribution in [0.5, 0.6) is 0 Å². The molecule has 2 fully saturated rings. The SMILES string of the molecule is CC1CC1c1ccc(C2CNCCN2C(=O)OC(C)(C)C)o1. The number of amides is 1.